The highest BCUT2D eigenvalue weighted by Gasteiger charge is 2.28. The summed E-state index contributed by atoms with van der Waals surface area (Å²) in [5.41, 5.74) is 1.07. The Bertz CT molecular complexity index is 846. The van der Waals surface area contributed by atoms with Crippen LogP contribution in [-0.2, 0) is 10.0 Å². The number of piperazine rings is 1. The van der Waals surface area contributed by atoms with Crippen LogP contribution in [0.5, 0.6) is 5.75 Å². The summed E-state index contributed by atoms with van der Waals surface area (Å²) in [4.78, 5) is 2.09. The molecule has 2 aromatic rings. The van der Waals surface area contributed by atoms with Crippen LogP contribution in [0.2, 0.25) is 0 Å². The number of benzene rings is 1. The van der Waals surface area contributed by atoms with Gasteiger partial charge in [0.1, 0.15) is 12.4 Å². The molecule has 0 N–H and O–H groups in total. The van der Waals surface area contributed by atoms with Crippen molar-refractivity contribution in [2.45, 2.75) is 18.8 Å². The maximum Gasteiger partial charge on any atom is 0.217 e. The van der Waals surface area contributed by atoms with Crippen molar-refractivity contribution in [1.82, 2.24) is 14.5 Å². The molecule has 1 aliphatic carbocycles. The fraction of sp³-hybridized carbons (Fsp3) is 0.474. The Hall–Kier alpha value is -2.19. The average molecular weight is 388 g/mol. The molecule has 1 aromatic heterocycles. The second kappa shape index (κ2) is 7.82. The zero-order valence-electron chi connectivity index (χ0n) is 15.2. The average Bonchev–Trinajstić information content (AvgIpc) is 3.54. The number of sulfonamides is 1. The molecule has 8 heteroatoms. The molecule has 2 aliphatic rings. The fourth-order valence-electron chi connectivity index (χ4n) is 3.21. The highest BCUT2D eigenvalue weighted by atomic mass is 32.2. The minimum absolute atomic E-state index is 0.0161. The number of ether oxygens (including phenoxy) is 1. The van der Waals surface area contributed by atoms with Crippen LogP contribution in [0.3, 0.4) is 0 Å². The molecule has 7 nitrogen and oxygen atoms in total. The zero-order chi connectivity index (χ0) is 18.7. The molecular formula is C19H24N4O3S. The van der Waals surface area contributed by atoms with Crippen molar-refractivity contribution in [3.05, 3.63) is 48.2 Å². The van der Waals surface area contributed by atoms with Gasteiger partial charge in [0.15, 0.2) is 5.82 Å². The Balaban J connectivity index is 1.27. The number of rotatable bonds is 7. The van der Waals surface area contributed by atoms with Gasteiger partial charge in [-0.2, -0.15) is 9.40 Å². The van der Waals surface area contributed by atoms with Crippen molar-refractivity contribution < 1.29 is 13.2 Å². The Labute approximate surface area is 160 Å². The van der Waals surface area contributed by atoms with Crippen molar-refractivity contribution >= 4 is 15.8 Å². The maximum absolute atomic E-state index is 12.5. The molecule has 1 saturated carbocycles. The smallest absolute Gasteiger partial charge is 0.217 e. The van der Waals surface area contributed by atoms with Gasteiger partial charge in [-0.3, -0.25) is 0 Å². The molecular weight excluding hydrogens is 364 g/mol. The van der Waals surface area contributed by atoms with E-state index in [2.05, 4.69) is 15.1 Å². The summed E-state index contributed by atoms with van der Waals surface area (Å²) in [6, 6.07) is 13.3. The standard InChI is InChI=1S/C19H24N4O3S/c24-27(25,15-14-26-17-4-2-1-3-5-17)23-12-10-22(11-13-23)19-9-8-18(20-21-19)16-6-7-16/h1-5,8-9,16H,6-7,10-15H2. The first-order chi connectivity index (χ1) is 13.1. The number of hydrogen-bond donors (Lipinski definition) is 0. The summed E-state index contributed by atoms with van der Waals surface area (Å²) in [5.74, 6) is 2.08. The molecule has 144 valence electrons. The largest absolute Gasteiger partial charge is 0.492 e. The second-order valence-corrected chi connectivity index (χ2v) is 9.04. The van der Waals surface area contributed by atoms with Crippen LogP contribution in [0, 0.1) is 0 Å². The Morgan fingerprint density at radius 3 is 2.33 bits per heavy atom. The molecule has 0 unspecified atom stereocenters. The minimum atomic E-state index is -3.32. The summed E-state index contributed by atoms with van der Waals surface area (Å²) in [7, 11) is -3.32. The lowest BCUT2D eigenvalue weighted by atomic mass is 10.2. The SMILES string of the molecule is O=S(=O)(CCOc1ccccc1)N1CCN(c2ccc(C3CC3)nn2)CC1. The van der Waals surface area contributed by atoms with Gasteiger partial charge in [0.05, 0.1) is 11.4 Å². The minimum Gasteiger partial charge on any atom is -0.492 e. The predicted molar refractivity (Wildman–Crippen MR) is 104 cm³/mol. The lowest BCUT2D eigenvalue weighted by Crippen LogP contribution is -2.50. The quantitative estimate of drug-likeness (QED) is 0.721. The molecule has 2 fully saturated rings. The third-order valence-corrected chi connectivity index (χ3v) is 6.81. The normalized spacial score (nSPS) is 18.4. The molecule has 4 rings (SSSR count). The van der Waals surface area contributed by atoms with Crippen molar-refractivity contribution in [2.75, 3.05) is 43.4 Å². The number of aromatic nitrogens is 2. The third kappa shape index (κ3) is 4.56. The van der Waals surface area contributed by atoms with Crippen LogP contribution in [0.1, 0.15) is 24.5 Å². The van der Waals surface area contributed by atoms with Crippen LogP contribution < -0.4 is 9.64 Å². The van der Waals surface area contributed by atoms with Crippen molar-refractivity contribution in [1.29, 1.82) is 0 Å². The monoisotopic (exact) mass is 388 g/mol. The van der Waals surface area contributed by atoms with E-state index >= 15 is 0 Å². The van der Waals surface area contributed by atoms with Gasteiger partial charge in [-0.15, -0.1) is 5.10 Å². The van der Waals surface area contributed by atoms with E-state index in [0.717, 1.165) is 11.5 Å². The highest BCUT2D eigenvalue weighted by Crippen LogP contribution is 2.38. The topological polar surface area (TPSA) is 75.6 Å². The van der Waals surface area contributed by atoms with Gasteiger partial charge in [0.2, 0.25) is 10.0 Å². The van der Waals surface area contributed by atoms with Gasteiger partial charge in [-0.05, 0) is 37.1 Å². The number of hydrogen-bond acceptors (Lipinski definition) is 6. The second-order valence-electron chi connectivity index (χ2n) is 6.95. The van der Waals surface area contributed by atoms with Gasteiger partial charge >= 0.3 is 0 Å². The molecule has 0 spiro atoms. The zero-order valence-corrected chi connectivity index (χ0v) is 16.0. The molecule has 2 heterocycles. The molecule has 0 amide bonds. The fourth-order valence-corrected chi connectivity index (χ4v) is 4.48. The molecule has 1 aliphatic heterocycles. The lowest BCUT2D eigenvalue weighted by molar-refractivity contribution is 0.331. The maximum atomic E-state index is 12.5. The van der Waals surface area contributed by atoms with Gasteiger partial charge in [0.25, 0.3) is 0 Å². The van der Waals surface area contributed by atoms with Gasteiger partial charge in [-0.25, -0.2) is 8.42 Å². The van der Waals surface area contributed by atoms with Crippen molar-refractivity contribution in [2.24, 2.45) is 0 Å². The highest BCUT2D eigenvalue weighted by molar-refractivity contribution is 7.89. The number of anilines is 1. The first kappa shape index (κ1) is 18.2. The molecule has 0 bridgehead atoms. The van der Waals surface area contributed by atoms with Crippen LogP contribution in [0.25, 0.3) is 0 Å². The molecule has 27 heavy (non-hydrogen) atoms. The Morgan fingerprint density at radius 2 is 1.70 bits per heavy atom. The summed E-state index contributed by atoms with van der Waals surface area (Å²) in [6.45, 7) is 2.31. The third-order valence-electron chi connectivity index (χ3n) is 4.98. The predicted octanol–water partition coefficient (Wildman–Crippen LogP) is 1.88. The summed E-state index contributed by atoms with van der Waals surface area (Å²) in [5, 5.41) is 8.63. The Kier molecular flexibility index (Phi) is 5.27. The molecule has 0 radical (unpaired) electrons. The van der Waals surface area contributed by atoms with Gasteiger partial charge < -0.3 is 9.64 Å². The molecule has 1 saturated heterocycles. The van der Waals surface area contributed by atoms with E-state index in [1.54, 1.807) is 4.31 Å². The van der Waals surface area contributed by atoms with Gasteiger partial charge in [-0.1, -0.05) is 18.2 Å². The molecule has 1 aromatic carbocycles. The van der Waals surface area contributed by atoms with E-state index < -0.39 is 10.0 Å². The van der Waals surface area contributed by atoms with Crippen LogP contribution in [0.15, 0.2) is 42.5 Å². The molecule has 0 atom stereocenters. The van der Waals surface area contributed by atoms with Crippen LogP contribution in [-0.4, -0.2) is 61.5 Å². The van der Waals surface area contributed by atoms with Crippen LogP contribution >= 0.6 is 0 Å². The van der Waals surface area contributed by atoms with Crippen LogP contribution in [0.4, 0.5) is 5.82 Å². The van der Waals surface area contributed by atoms with E-state index in [1.165, 1.54) is 12.8 Å². The lowest BCUT2D eigenvalue weighted by Gasteiger charge is -2.34. The van der Waals surface area contributed by atoms with Crippen molar-refractivity contribution in [3.63, 3.8) is 0 Å². The summed E-state index contributed by atoms with van der Waals surface area (Å²) < 4.78 is 32.2. The van der Waals surface area contributed by atoms with E-state index in [1.807, 2.05) is 42.5 Å². The summed E-state index contributed by atoms with van der Waals surface area (Å²) >= 11 is 0. The summed E-state index contributed by atoms with van der Waals surface area (Å²) in [6.07, 6.45) is 2.41. The van der Waals surface area contributed by atoms with E-state index in [4.69, 9.17) is 4.74 Å². The number of nitrogens with zero attached hydrogens (tertiary/aromatic N) is 4. The van der Waals surface area contributed by atoms with Gasteiger partial charge in [0, 0.05) is 32.1 Å². The first-order valence-electron chi connectivity index (χ1n) is 9.36. The van der Waals surface area contributed by atoms with E-state index in [0.29, 0.717) is 37.8 Å². The van der Waals surface area contributed by atoms with E-state index in [-0.39, 0.29) is 12.4 Å². The van der Waals surface area contributed by atoms with E-state index in [9.17, 15) is 8.42 Å². The van der Waals surface area contributed by atoms with Crippen molar-refractivity contribution in [3.8, 4) is 5.75 Å². The Morgan fingerprint density at radius 1 is 0.963 bits per heavy atom. The number of para-hydroxylation sites is 1. The first-order valence-corrected chi connectivity index (χ1v) is 11.0.